The lowest BCUT2D eigenvalue weighted by molar-refractivity contribution is -0.130. The van der Waals surface area contributed by atoms with Gasteiger partial charge in [-0.2, -0.15) is 0 Å². The Balaban J connectivity index is 1.57. The van der Waals surface area contributed by atoms with E-state index in [4.69, 9.17) is 16.0 Å². The molecule has 0 aliphatic carbocycles. The van der Waals surface area contributed by atoms with Gasteiger partial charge in [0.05, 0.1) is 11.8 Å². The number of carbonyl (C=O) groups is 1. The third kappa shape index (κ3) is 4.49. The maximum absolute atomic E-state index is 13.8. The van der Waals surface area contributed by atoms with Gasteiger partial charge in [0.25, 0.3) is 0 Å². The number of oxazole rings is 1. The van der Waals surface area contributed by atoms with Crippen molar-refractivity contribution in [2.75, 3.05) is 7.05 Å². The van der Waals surface area contributed by atoms with E-state index in [1.807, 2.05) is 18.2 Å². The van der Waals surface area contributed by atoms with Gasteiger partial charge in [0, 0.05) is 31.5 Å². The van der Waals surface area contributed by atoms with Crippen molar-refractivity contribution in [3.05, 3.63) is 77.0 Å². The molecule has 3 aromatic rings. The van der Waals surface area contributed by atoms with E-state index in [1.54, 1.807) is 36.2 Å². The lowest BCUT2D eigenvalue weighted by Crippen LogP contribution is -2.26. The highest BCUT2D eigenvalue weighted by Gasteiger charge is 2.14. The summed E-state index contributed by atoms with van der Waals surface area (Å²) in [5.74, 6) is 0.369. The normalized spacial score (nSPS) is 10.7. The Kier molecular flexibility index (Phi) is 5.68. The molecule has 0 atom stereocenters. The van der Waals surface area contributed by atoms with Gasteiger partial charge in [0.2, 0.25) is 5.91 Å². The molecule has 1 aromatic heterocycles. The first-order valence-electron chi connectivity index (χ1n) is 8.21. The number of aryl methyl sites for hydroxylation is 1. The number of aromatic nitrogens is 1. The molecule has 26 heavy (non-hydrogen) atoms. The number of amides is 1. The predicted octanol–water partition coefficient (Wildman–Crippen LogP) is 4.73. The lowest BCUT2D eigenvalue weighted by Gasteiger charge is -2.17. The lowest BCUT2D eigenvalue weighted by atomic mass is 10.2. The summed E-state index contributed by atoms with van der Waals surface area (Å²) >= 11 is 5.96. The van der Waals surface area contributed by atoms with Crippen LogP contribution >= 0.6 is 11.6 Å². The number of rotatable bonds is 6. The zero-order valence-corrected chi connectivity index (χ0v) is 15.0. The van der Waals surface area contributed by atoms with Crippen LogP contribution in [0.4, 0.5) is 4.39 Å². The molecule has 3 rings (SSSR count). The molecule has 0 saturated heterocycles. The molecule has 4 nitrogen and oxygen atoms in total. The number of carbonyl (C=O) groups excluding carboxylic acids is 1. The summed E-state index contributed by atoms with van der Waals surface area (Å²) in [4.78, 5) is 18.1. The van der Waals surface area contributed by atoms with E-state index in [1.165, 1.54) is 12.3 Å². The first-order valence-corrected chi connectivity index (χ1v) is 8.59. The van der Waals surface area contributed by atoms with Crippen molar-refractivity contribution in [1.29, 1.82) is 0 Å². The summed E-state index contributed by atoms with van der Waals surface area (Å²) < 4.78 is 19.4. The van der Waals surface area contributed by atoms with Gasteiger partial charge in [-0.05, 0) is 29.8 Å². The van der Waals surface area contributed by atoms with E-state index in [2.05, 4.69) is 4.98 Å². The summed E-state index contributed by atoms with van der Waals surface area (Å²) in [6.45, 7) is 0.478. The fourth-order valence-electron chi connectivity index (χ4n) is 2.61. The van der Waals surface area contributed by atoms with Gasteiger partial charge in [0.1, 0.15) is 5.82 Å². The zero-order chi connectivity index (χ0) is 18.5. The van der Waals surface area contributed by atoms with Crippen molar-refractivity contribution in [2.45, 2.75) is 19.4 Å². The van der Waals surface area contributed by atoms with Crippen LogP contribution < -0.4 is 0 Å². The molecule has 0 radical (unpaired) electrons. The topological polar surface area (TPSA) is 46.3 Å². The largest absolute Gasteiger partial charge is 0.441 e. The molecular weight excluding hydrogens is 355 g/mol. The van der Waals surface area contributed by atoms with Crippen molar-refractivity contribution in [2.24, 2.45) is 0 Å². The van der Waals surface area contributed by atoms with E-state index in [-0.39, 0.29) is 18.1 Å². The van der Waals surface area contributed by atoms with E-state index in [0.29, 0.717) is 35.2 Å². The van der Waals surface area contributed by atoms with Crippen molar-refractivity contribution in [1.82, 2.24) is 9.88 Å². The summed E-state index contributed by atoms with van der Waals surface area (Å²) in [5, 5.41) is 0.642. The maximum atomic E-state index is 13.8. The van der Waals surface area contributed by atoms with Crippen LogP contribution in [0.1, 0.15) is 17.9 Å². The number of hydrogen-bond acceptors (Lipinski definition) is 3. The second-order valence-electron chi connectivity index (χ2n) is 5.98. The van der Waals surface area contributed by atoms with Crippen molar-refractivity contribution in [3.63, 3.8) is 0 Å². The molecule has 0 spiro atoms. The Bertz CT molecular complexity index is 910. The molecule has 0 saturated carbocycles. The fourth-order valence-corrected chi connectivity index (χ4v) is 2.83. The van der Waals surface area contributed by atoms with Gasteiger partial charge >= 0.3 is 0 Å². The highest BCUT2D eigenvalue weighted by atomic mass is 35.5. The SMILES string of the molecule is CN(Cc1cccc(Cl)c1)C(=O)CCc1ncc(-c2ccccc2F)o1. The minimum absolute atomic E-state index is 0.0318. The summed E-state index contributed by atoms with van der Waals surface area (Å²) in [7, 11) is 1.74. The molecule has 2 aromatic carbocycles. The smallest absolute Gasteiger partial charge is 0.223 e. The quantitative estimate of drug-likeness (QED) is 0.628. The average Bonchev–Trinajstić information content (AvgIpc) is 3.09. The Hall–Kier alpha value is -2.66. The number of benzene rings is 2. The van der Waals surface area contributed by atoms with Crippen molar-refractivity contribution >= 4 is 17.5 Å². The molecule has 0 N–H and O–H groups in total. The minimum Gasteiger partial charge on any atom is -0.441 e. The Morgan fingerprint density at radius 3 is 2.81 bits per heavy atom. The van der Waals surface area contributed by atoms with Crippen LogP contribution in [-0.4, -0.2) is 22.8 Å². The summed E-state index contributed by atoms with van der Waals surface area (Å²) in [6, 6.07) is 13.7. The molecule has 0 unspecified atom stereocenters. The van der Waals surface area contributed by atoms with Crippen molar-refractivity contribution < 1.29 is 13.6 Å². The Morgan fingerprint density at radius 1 is 1.23 bits per heavy atom. The second kappa shape index (κ2) is 8.15. The molecule has 0 aliphatic heterocycles. The van der Waals surface area contributed by atoms with Gasteiger partial charge in [-0.15, -0.1) is 0 Å². The number of hydrogen-bond donors (Lipinski definition) is 0. The molecule has 0 aliphatic rings. The van der Waals surface area contributed by atoms with Crippen LogP contribution in [-0.2, 0) is 17.8 Å². The van der Waals surface area contributed by atoms with Crippen LogP contribution in [0.2, 0.25) is 5.02 Å². The summed E-state index contributed by atoms with van der Waals surface area (Å²) in [6.07, 6.45) is 2.09. The maximum Gasteiger partial charge on any atom is 0.223 e. The van der Waals surface area contributed by atoms with Gasteiger partial charge in [-0.25, -0.2) is 9.37 Å². The van der Waals surface area contributed by atoms with Crippen LogP contribution in [0, 0.1) is 5.82 Å². The number of nitrogens with zero attached hydrogens (tertiary/aromatic N) is 2. The van der Waals surface area contributed by atoms with Crippen LogP contribution in [0.3, 0.4) is 0 Å². The highest BCUT2D eigenvalue weighted by Crippen LogP contribution is 2.23. The van der Waals surface area contributed by atoms with Crippen LogP contribution in [0.15, 0.2) is 59.1 Å². The zero-order valence-electron chi connectivity index (χ0n) is 14.3. The van der Waals surface area contributed by atoms with Crippen LogP contribution in [0.25, 0.3) is 11.3 Å². The number of halogens is 2. The highest BCUT2D eigenvalue weighted by molar-refractivity contribution is 6.30. The molecule has 6 heteroatoms. The second-order valence-corrected chi connectivity index (χ2v) is 6.41. The molecule has 1 heterocycles. The standard InChI is InChI=1S/C20H18ClFN2O2/c1-24(13-14-5-4-6-15(21)11-14)20(25)10-9-19-23-12-18(26-19)16-7-2-3-8-17(16)22/h2-8,11-12H,9-10,13H2,1H3. The first kappa shape index (κ1) is 18.1. The predicted molar refractivity (Wildman–Crippen MR) is 98.1 cm³/mol. The fraction of sp³-hybridized carbons (Fsp3) is 0.200. The van der Waals surface area contributed by atoms with E-state index >= 15 is 0 Å². The first-order chi connectivity index (χ1) is 12.5. The Morgan fingerprint density at radius 2 is 2.04 bits per heavy atom. The third-order valence-electron chi connectivity index (χ3n) is 3.98. The van der Waals surface area contributed by atoms with Gasteiger partial charge in [0.15, 0.2) is 11.7 Å². The minimum atomic E-state index is -0.368. The average molecular weight is 373 g/mol. The van der Waals surface area contributed by atoms with Gasteiger partial charge < -0.3 is 9.32 Å². The van der Waals surface area contributed by atoms with Gasteiger partial charge in [-0.1, -0.05) is 35.9 Å². The van der Waals surface area contributed by atoms with Gasteiger partial charge in [-0.3, -0.25) is 4.79 Å². The molecule has 0 fully saturated rings. The molecule has 1 amide bonds. The van der Waals surface area contributed by atoms with E-state index < -0.39 is 0 Å². The molecular formula is C20H18ClFN2O2. The summed E-state index contributed by atoms with van der Waals surface area (Å²) in [5.41, 5.74) is 1.32. The Labute approximate surface area is 156 Å². The monoisotopic (exact) mass is 372 g/mol. The van der Waals surface area contributed by atoms with E-state index in [9.17, 15) is 9.18 Å². The van der Waals surface area contributed by atoms with E-state index in [0.717, 1.165) is 5.56 Å². The molecule has 134 valence electrons. The molecule has 0 bridgehead atoms. The van der Waals surface area contributed by atoms with Crippen LogP contribution in [0.5, 0.6) is 0 Å². The third-order valence-corrected chi connectivity index (χ3v) is 4.22. The van der Waals surface area contributed by atoms with Crippen molar-refractivity contribution in [3.8, 4) is 11.3 Å².